The van der Waals surface area contributed by atoms with E-state index in [0.717, 1.165) is 0 Å². The summed E-state index contributed by atoms with van der Waals surface area (Å²) in [6.45, 7) is 7.32. The van der Waals surface area contributed by atoms with Crippen molar-refractivity contribution in [2.45, 2.75) is 19.9 Å². The van der Waals surface area contributed by atoms with E-state index in [0.29, 0.717) is 6.61 Å². The maximum atomic E-state index is 11.5. The molecule has 94 valence electrons. The van der Waals surface area contributed by atoms with Gasteiger partial charge < -0.3 is 9.47 Å². The van der Waals surface area contributed by atoms with Crippen molar-refractivity contribution in [2.24, 2.45) is 4.99 Å². The zero-order chi connectivity index (χ0) is 13.3. The summed E-state index contributed by atoms with van der Waals surface area (Å²) < 4.78 is 9.68. The third-order valence-corrected chi connectivity index (χ3v) is 1.75. The van der Waals surface area contributed by atoms with Crippen molar-refractivity contribution < 1.29 is 23.9 Å². The molecule has 1 unspecified atom stereocenters. The smallest absolute Gasteiger partial charge is 0.340 e. The van der Waals surface area contributed by atoms with Crippen LogP contribution in [0.4, 0.5) is 0 Å². The number of carbonyl (C=O) groups excluding carboxylic acids is 3. The highest BCUT2D eigenvalue weighted by atomic mass is 16.6. The summed E-state index contributed by atoms with van der Waals surface area (Å²) in [5.41, 5.74) is 0.121. The number of rotatable bonds is 8. The molecule has 0 heterocycles. The topological polar surface area (TPSA) is 82.0 Å². The van der Waals surface area contributed by atoms with Gasteiger partial charge in [-0.15, -0.1) is 0 Å². The van der Waals surface area contributed by atoms with E-state index in [1.54, 1.807) is 6.92 Å². The van der Waals surface area contributed by atoms with Gasteiger partial charge in [-0.3, -0.25) is 4.79 Å². The van der Waals surface area contributed by atoms with Crippen LogP contribution < -0.4 is 0 Å². The molecule has 0 saturated heterocycles. The molecular formula is C11H15NO5. The Labute approximate surface area is 99.3 Å². The number of aliphatic imine (C=N–C) groups is 1. The third-order valence-electron chi connectivity index (χ3n) is 1.75. The molecule has 0 rings (SSSR count). The van der Waals surface area contributed by atoms with E-state index < -0.39 is 17.8 Å². The molecule has 0 aliphatic rings. The highest BCUT2D eigenvalue weighted by Gasteiger charge is 2.27. The van der Waals surface area contributed by atoms with Crippen LogP contribution in [0.5, 0.6) is 0 Å². The second kappa shape index (κ2) is 8.38. The molecule has 1 atom stereocenters. The molecule has 0 radical (unpaired) electrons. The number of carbonyl (C=O) groups is 2. The van der Waals surface area contributed by atoms with Crippen LogP contribution in [0.1, 0.15) is 13.8 Å². The lowest BCUT2D eigenvalue weighted by molar-refractivity contribution is -0.148. The first-order valence-electron chi connectivity index (χ1n) is 5.05. The number of nitrogens with zero attached hydrogens (tertiary/aromatic N) is 1. The molecule has 0 amide bonds. The number of ketones is 1. The molecule has 0 aromatic heterocycles. The first-order chi connectivity index (χ1) is 8.04. The average Bonchev–Trinajstić information content (AvgIpc) is 2.30. The Balaban J connectivity index is 4.40. The number of Topliss-reactive ketones (excluding diaryl/α,β-unsaturated/α-hetero) is 1. The maximum Gasteiger partial charge on any atom is 0.340 e. The monoisotopic (exact) mass is 241 g/mol. The van der Waals surface area contributed by atoms with Crippen LogP contribution in [0.3, 0.4) is 0 Å². The van der Waals surface area contributed by atoms with Crippen LogP contribution in [0.25, 0.3) is 0 Å². The molecule has 0 aromatic rings. The third kappa shape index (κ3) is 5.75. The molecule has 0 saturated carbocycles. The van der Waals surface area contributed by atoms with Crippen molar-refractivity contribution in [2.75, 3.05) is 19.8 Å². The minimum absolute atomic E-state index is 0.00101. The van der Waals surface area contributed by atoms with Crippen molar-refractivity contribution in [1.82, 2.24) is 0 Å². The van der Waals surface area contributed by atoms with Crippen LogP contribution in [0.15, 0.2) is 17.1 Å². The second-order valence-corrected chi connectivity index (χ2v) is 3.13. The number of hydrogen-bond donors (Lipinski definition) is 0. The summed E-state index contributed by atoms with van der Waals surface area (Å²) in [4.78, 5) is 36.1. The van der Waals surface area contributed by atoms with Crippen molar-refractivity contribution in [3.05, 3.63) is 12.2 Å². The van der Waals surface area contributed by atoms with Crippen LogP contribution in [-0.4, -0.2) is 43.7 Å². The van der Waals surface area contributed by atoms with Gasteiger partial charge in [-0.05, 0) is 19.4 Å². The van der Waals surface area contributed by atoms with E-state index in [4.69, 9.17) is 9.47 Å². The van der Waals surface area contributed by atoms with Crippen LogP contribution in [0.2, 0.25) is 0 Å². The molecule has 6 nitrogen and oxygen atoms in total. The quantitative estimate of drug-likeness (QED) is 0.153. The van der Waals surface area contributed by atoms with Gasteiger partial charge in [-0.1, -0.05) is 6.58 Å². The summed E-state index contributed by atoms with van der Waals surface area (Å²) in [6, 6.07) is -1.51. The summed E-state index contributed by atoms with van der Waals surface area (Å²) >= 11 is 0. The normalized spacial score (nSPS) is 11.2. The van der Waals surface area contributed by atoms with Gasteiger partial charge in [0, 0.05) is 6.61 Å². The number of isocyanates is 1. The molecule has 17 heavy (non-hydrogen) atoms. The Hall–Kier alpha value is -1.78. The maximum absolute atomic E-state index is 11.5. The van der Waals surface area contributed by atoms with Crippen LogP contribution >= 0.6 is 0 Å². The van der Waals surface area contributed by atoms with E-state index in [2.05, 4.69) is 11.6 Å². The van der Waals surface area contributed by atoms with Gasteiger partial charge in [0.2, 0.25) is 12.1 Å². The average molecular weight is 241 g/mol. The predicted octanol–water partition coefficient (Wildman–Crippen LogP) is 0.416. The zero-order valence-electron chi connectivity index (χ0n) is 9.89. The summed E-state index contributed by atoms with van der Waals surface area (Å²) in [5.74, 6) is -1.56. The van der Waals surface area contributed by atoms with Gasteiger partial charge in [0.1, 0.15) is 6.61 Å². The Morgan fingerprint density at radius 2 is 2.06 bits per heavy atom. The molecule has 0 aromatic carbocycles. The van der Waals surface area contributed by atoms with Gasteiger partial charge in [-0.25, -0.2) is 9.59 Å². The molecule has 0 N–H and O–H groups in total. The Bertz CT molecular complexity index is 344. The summed E-state index contributed by atoms with van der Waals surface area (Å²) in [6.07, 6.45) is 1.17. The molecule has 6 heteroatoms. The van der Waals surface area contributed by atoms with Gasteiger partial charge in [-0.2, -0.15) is 4.99 Å². The number of ether oxygens (including phenoxy) is 2. The fourth-order valence-corrected chi connectivity index (χ4v) is 0.929. The van der Waals surface area contributed by atoms with E-state index in [1.165, 1.54) is 13.0 Å². The Morgan fingerprint density at radius 3 is 2.53 bits per heavy atom. The lowest BCUT2D eigenvalue weighted by Gasteiger charge is -2.09. The number of esters is 1. The van der Waals surface area contributed by atoms with E-state index >= 15 is 0 Å². The molecule has 0 fully saturated rings. The Kier molecular flexibility index (Phi) is 7.50. The minimum Gasteiger partial charge on any atom is -0.461 e. The largest absolute Gasteiger partial charge is 0.461 e. The molecule has 0 aliphatic carbocycles. The van der Waals surface area contributed by atoms with E-state index in [-0.39, 0.29) is 18.8 Å². The molecular weight excluding hydrogens is 226 g/mol. The molecule has 0 bridgehead atoms. The lowest BCUT2D eigenvalue weighted by Crippen LogP contribution is -2.31. The van der Waals surface area contributed by atoms with Gasteiger partial charge in [0.15, 0.2) is 5.78 Å². The minimum atomic E-state index is -1.51. The predicted molar refractivity (Wildman–Crippen MR) is 59.2 cm³/mol. The van der Waals surface area contributed by atoms with Crippen molar-refractivity contribution >= 4 is 17.8 Å². The number of hydrogen-bond acceptors (Lipinski definition) is 6. The van der Waals surface area contributed by atoms with Crippen LogP contribution in [0, 0.1) is 0 Å². The first kappa shape index (κ1) is 15.2. The lowest BCUT2D eigenvalue weighted by atomic mass is 10.1. The summed E-state index contributed by atoms with van der Waals surface area (Å²) in [5, 5.41) is 0. The second-order valence-electron chi connectivity index (χ2n) is 3.13. The zero-order valence-corrected chi connectivity index (χ0v) is 9.89. The van der Waals surface area contributed by atoms with Crippen molar-refractivity contribution in [1.29, 1.82) is 0 Å². The van der Waals surface area contributed by atoms with Crippen LogP contribution in [-0.2, 0) is 23.9 Å². The van der Waals surface area contributed by atoms with Gasteiger partial charge in [0.05, 0.1) is 6.61 Å². The van der Waals surface area contributed by atoms with E-state index in [1.807, 2.05) is 0 Å². The first-order valence-corrected chi connectivity index (χ1v) is 5.05. The molecule has 0 aliphatic heterocycles. The van der Waals surface area contributed by atoms with Crippen molar-refractivity contribution in [3.63, 3.8) is 0 Å². The Morgan fingerprint density at radius 1 is 1.41 bits per heavy atom. The highest BCUT2D eigenvalue weighted by molar-refractivity contribution is 6.11. The van der Waals surface area contributed by atoms with Gasteiger partial charge in [0.25, 0.3) is 0 Å². The van der Waals surface area contributed by atoms with Gasteiger partial charge >= 0.3 is 5.97 Å². The SMILES string of the molecule is C=C(C)C(=O)C(N=C=O)C(=O)OCCOCC. The fourth-order valence-electron chi connectivity index (χ4n) is 0.929. The summed E-state index contributed by atoms with van der Waals surface area (Å²) in [7, 11) is 0. The van der Waals surface area contributed by atoms with E-state index in [9.17, 15) is 14.4 Å². The fraction of sp³-hybridized carbons (Fsp3) is 0.545. The van der Waals surface area contributed by atoms with Crippen molar-refractivity contribution in [3.8, 4) is 0 Å². The standard InChI is InChI=1S/C11H15NO5/c1-4-16-5-6-17-11(15)9(12-7-13)10(14)8(2)3/h9H,2,4-6H2,1,3H3. The highest BCUT2D eigenvalue weighted by Crippen LogP contribution is 2.03. The molecule has 0 spiro atoms.